The number of benzene rings is 6. The van der Waals surface area contributed by atoms with E-state index in [0.717, 1.165) is 11.4 Å². The van der Waals surface area contributed by atoms with Crippen molar-refractivity contribution in [2.24, 2.45) is 0 Å². The average Bonchev–Trinajstić information content (AvgIpc) is 3.57. The van der Waals surface area contributed by atoms with Gasteiger partial charge in [0.25, 0.3) is 0 Å². The molecule has 0 spiro atoms. The summed E-state index contributed by atoms with van der Waals surface area (Å²) < 4.78 is 4.27. The molecule has 4 unspecified atom stereocenters. The molecule has 0 aliphatic heterocycles. The minimum atomic E-state index is 0.120. The fraction of sp³-hybridized carbons (Fsp3) is 0.204. The van der Waals surface area contributed by atoms with E-state index in [4.69, 9.17) is 0 Å². The molecule has 3 heteroatoms. The van der Waals surface area contributed by atoms with E-state index in [2.05, 4.69) is 209 Å². The molecule has 4 atom stereocenters. The third-order valence-corrected chi connectivity index (χ3v) is 11.0. The minimum Gasteiger partial charge on any atom is -0.286 e. The first-order chi connectivity index (χ1) is 25.2. The molecule has 1 N–H and O–H groups in total. The van der Waals surface area contributed by atoms with Crippen molar-refractivity contribution >= 4 is 0 Å². The van der Waals surface area contributed by atoms with E-state index < -0.39 is 0 Å². The molecule has 1 heterocycles. The zero-order valence-electron chi connectivity index (χ0n) is 31.2. The molecule has 0 aliphatic carbocycles. The van der Waals surface area contributed by atoms with Crippen LogP contribution in [0.3, 0.4) is 0 Å². The lowest BCUT2D eigenvalue weighted by molar-refractivity contribution is 0.771. The van der Waals surface area contributed by atoms with Gasteiger partial charge in [0, 0.05) is 36.1 Å². The van der Waals surface area contributed by atoms with Crippen LogP contribution in [0.5, 0.6) is 0 Å². The molecule has 0 radical (unpaired) electrons. The van der Waals surface area contributed by atoms with Gasteiger partial charge in [-0.05, 0) is 58.4 Å². The molecule has 0 amide bonds. The molecule has 52 heavy (non-hydrogen) atoms. The third kappa shape index (κ3) is 6.72. The summed E-state index contributed by atoms with van der Waals surface area (Å²) in [6.45, 7) is 13.6. The van der Waals surface area contributed by atoms with E-state index in [-0.39, 0.29) is 23.7 Å². The Hall–Kier alpha value is -5.67. The Morgan fingerprint density at radius 1 is 0.385 bits per heavy atom. The number of aryl methyl sites for hydroxylation is 2. The normalized spacial score (nSPS) is 13.7. The number of imidazole rings is 1. The van der Waals surface area contributed by atoms with Crippen molar-refractivity contribution in [3.05, 3.63) is 219 Å². The Morgan fingerprint density at radius 3 is 0.846 bits per heavy atom. The zero-order valence-corrected chi connectivity index (χ0v) is 31.2. The van der Waals surface area contributed by atoms with E-state index >= 15 is 0 Å². The lowest BCUT2D eigenvalue weighted by atomic mass is 9.84. The zero-order chi connectivity index (χ0) is 36.4. The predicted octanol–water partition coefficient (Wildman–Crippen LogP) is 12.0. The molecule has 3 nitrogen and oxygen atoms in total. The number of hydrogen-bond donors (Lipinski definition) is 1. The van der Waals surface area contributed by atoms with Gasteiger partial charge in [-0.1, -0.05) is 184 Å². The van der Waals surface area contributed by atoms with Gasteiger partial charge in [0.05, 0.1) is 11.4 Å². The van der Waals surface area contributed by atoms with Crippen LogP contribution in [-0.4, -0.2) is 9.13 Å². The van der Waals surface area contributed by atoms with Gasteiger partial charge in [0.2, 0.25) is 5.62 Å². The molecule has 1 aromatic heterocycles. The van der Waals surface area contributed by atoms with Gasteiger partial charge in [0.15, 0.2) is 0 Å². The van der Waals surface area contributed by atoms with E-state index in [1.54, 1.807) is 0 Å². The third-order valence-electron chi connectivity index (χ3n) is 11.0. The van der Waals surface area contributed by atoms with Crippen LogP contribution in [-0.2, 0) is 0 Å². The van der Waals surface area contributed by atoms with Crippen LogP contribution in [0, 0.1) is 19.3 Å². The molecular weight excluding hydrogens is 631 g/mol. The number of hydrogen-bond acceptors (Lipinski definition) is 1. The molecule has 7 rings (SSSR count). The SMILES string of the molecule is Cc1cc(C(C)c2ccccc2)c(-n2ccn(-c3c(C(C)c4ccccc4)cc(C)cc3C(C)c3ccccc3)c2=N)c(C(C)c2ccccc2)c1. The summed E-state index contributed by atoms with van der Waals surface area (Å²) in [5, 5.41) is 10.1. The minimum absolute atomic E-state index is 0.120. The van der Waals surface area contributed by atoms with Crippen molar-refractivity contribution in [2.45, 2.75) is 65.2 Å². The monoisotopic (exact) mass is 679 g/mol. The maximum Gasteiger partial charge on any atom is 0.211 e. The largest absolute Gasteiger partial charge is 0.286 e. The fourth-order valence-corrected chi connectivity index (χ4v) is 7.98. The first-order valence-corrected chi connectivity index (χ1v) is 18.6. The van der Waals surface area contributed by atoms with Crippen LogP contribution >= 0.6 is 0 Å². The Labute approximate surface area is 309 Å². The van der Waals surface area contributed by atoms with Gasteiger partial charge in [-0.15, -0.1) is 0 Å². The average molecular weight is 680 g/mol. The molecule has 0 saturated carbocycles. The highest BCUT2D eigenvalue weighted by Crippen LogP contribution is 2.40. The van der Waals surface area contributed by atoms with Crippen LogP contribution in [0.2, 0.25) is 0 Å². The van der Waals surface area contributed by atoms with Crippen molar-refractivity contribution in [2.75, 3.05) is 0 Å². The quantitative estimate of drug-likeness (QED) is 0.149. The topological polar surface area (TPSA) is 33.7 Å². The smallest absolute Gasteiger partial charge is 0.211 e. The van der Waals surface area contributed by atoms with Crippen molar-refractivity contribution in [1.82, 2.24) is 9.13 Å². The van der Waals surface area contributed by atoms with Crippen LogP contribution in [0.1, 0.15) is 107 Å². The maximum atomic E-state index is 10.1. The Morgan fingerprint density at radius 2 is 0.615 bits per heavy atom. The highest BCUT2D eigenvalue weighted by atomic mass is 15.2. The van der Waals surface area contributed by atoms with Crippen LogP contribution in [0.25, 0.3) is 11.4 Å². The van der Waals surface area contributed by atoms with Crippen LogP contribution < -0.4 is 5.62 Å². The number of nitrogens with zero attached hydrogens (tertiary/aromatic N) is 2. The van der Waals surface area contributed by atoms with Gasteiger partial charge in [-0.2, -0.15) is 0 Å². The standard InChI is InChI=1S/C49H49N3/c1-33-29-43(35(3)39-19-11-7-12-20-39)47(44(30-33)36(4)40-21-13-8-14-22-40)51-27-28-52(49(51)50)48-45(37(5)41-23-15-9-16-24-41)31-34(2)32-46(48)38(6)42-25-17-10-18-26-42/h7-32,35-38,50H,1-6H3. The summed E-state index contributed by atoms with van der Waals surface area (Å²) in [7, 11) is 0. The van der Waals surface area contributed by atoms with Gasteiger partial charge in [-0.3, -0.25) is 14.5 Å². The summed E-state index contributed by atoms with van der Waals surface area (Å²) in [6.07, 6.45) is 4.23. The van der Waals surface area contributed by atoms with Crippen molar-refractivity contribution in [1.29, 1.82) is 5.41 Å². The second kappa shape index (κ2) is 14.9. The first kappa shape index (κ1) is 34.8. The lowest BCUT2D eigenvalue weighted by Crippen LogP contribution is -2.27. The molecule has 0 saturated heterocycles. The van der Waals surface area contributed by atoms with Gasteiger partial charge < -0.3 is 0 Å². The second-order valence-corrected chi connectivity index (χ2v) is 14.5. The Balaban J connectivity index is 1.50. The van der Waals surface area contributed by atoms with Crippen LogP contribution in [0.4, 0.5) is 0 Å². The molecule has 6 aromatic carbocycles. The van der Waals surface area contributed by atoms with Crippen molar-refractivity contribution in [3.63, 3.8) is 0 Å². The maximum absolute atomic E-state index is 10.1. The predicted molar refractivity (Wildman–Crippen MR) is 216 cm³/mol. The van der Waals surface area contributed by atoms with E-state index in [1.165, 1.54) is 55.6 Å². The molecule has 0 fully saturated rings. The van der Waals surface area contributed by atoms with Gasteiger partial charge >= 0.3 is 0 Å². The molecule has 260 valence electrons. The number of aromatic nitrogens is 2. The van der Waals surface area contributed by atoms with Gasteiger partial charge in [0.1, 0.15) is 0 Å². The van der Waals surface area contributed by atoms with Crippen molar-refractivity contribution < 1.29 is 0 Å². The first-order valence-electron chi connectivity index (χ1n) is 18.6. The number of rotatable bonds is 10. The second-order valence-electron chi connectivity index (χ2n) is 14.5. The Kier molecular flexibility index (Phi) is 9.96. The number of nitrogens with one attached hydrogen (secondary N) is 1. The molecule has 0 bridgehead atoms. The molecule has 0 aliphatic rings. The summed E-state index contributed by atoms with van der Waals surface area (Å²) in [5.74, 6) is 0.481. The molecular formula is C49H49N3. The summed E-state index contributed by atoms with van der Waals surface area (Å²) in [4.78, 5) is 0. The van der Waals surface area contributed by atoms with Crippen LogP contribution in [0.15, 0.2) is 158 Å². The van der Waals surface area contributed by atoms with Gasteiger partial charge in [-0.25, -0.2) is 0 Å². The van der Waals surface area contributed by atoms with Crippen molar-refractivity contribution in [3.8, 4) is 11.4 Å². The highest BCUT2D eigenvalue weighted by molar-refractivity contribution is 5.60. The van der Waals surface area contributed by atoms with E-state index in [0.29, 0.717) is 5.62 Å². The lowest BCUT2D eigenvalue weighted by Gasteiger charge is -2.26. The summed E-state index contributed by atoms with van der Waals surface area (Å²) in [6, 6.07) is 52.3. The Bertz CT molecular complexity index is 2040. The fourth-order valence-electron chi connectivity index (χ4n) is 7.98. The molecule has 7 aromatic rings. The summed E-state index contributed by atoms with van der Waals surface area (Å²) in [5.41, 5.74) is 15.0. The summed E-state index contributed by atoms with van der Waals surface area (Å²) >= 11 is 0. The van der Waals surface area contributed by atoms with E-state index in [9.17, 15) is 5.41 Å². The highest BCUT2D eigenvalue weighted by Gasteiger charge is 2.26. The van der Waals surface area contributed by atoms with E-state index in [1.807, 2.05) is 0 Å².